The monoisotopic (exact) mass is 410 g/mol. The van der Waals surface area contributed by atoms with E-state index in [1.165, 1.54) is 59.7 Å². The van der Waals surface area contributed by atoms with E-state index in [1.54, 1.807) is 0 Å². The highest BCUT2D eigenvalue weighted by atomic mass is 32.2. The van der Waals surface area contributed by atoms with Crippen molar-refractivity contribution in [2.24, 2.45) is 0 Å². The van der Waals surface area contributed by atoms with E-state index in [0.29, 0.717) is 5.69 Å². The topological polar surface area (TPSA) is 75.3 Å². The van der Waals surface area contributed by atoms with Gasteiger partial charge in [-0.2, -0.15) is 0 Å². The Morgan fingerprint density at radius 2 is 1.69 bits per heavy atom. The van der Waals surface area contributed by atoms with Crippen LogP contribution in [0, 0.1) is 5.82 Å². The van der Waals surface area contributed by atoms with Crippen LogP contribution < -0.4 is 10.0 Å². The maximum absolute atomic E-state index is 13.8. The van der Waals surface area contributed by atoms with Crippen molar-refractivity contribution in [1.29, 1.82) is 0 Å². The number of benzene rings is 3. The molecular weight excluding hydrogens is 391 g/mol. The van der Waals surface area contributed by atoms with Gasteiger partial charge in [-0.1, -0.05) is 24.3 Å². The van der Waals surface area contributed by atoms with Gasteiger partial charge >= 0.3 is 0 Å². The van der Waals surface area contributed by atoms with E-state index in [0.717, 1.165) is 19.3 Å². The fourth-order valence-electron chi connectivity index (χ4n) is 3.41. The summed E-state index contributed by atoms with van der Waals surface area (Å²) >= 11 is 0. The lowest BCUT2D eigenvalue weighted by Crippen LogP contribution is -2.16. The molecule has 3 aromatic carbocycles. The van der Waals surface area contributed by atoms with Crippen molar-refractivity contribution in [3.8, 4) is 0 Å². The van der Waals surface area contributed by atoms with Crippen molar-refractivity contribution in [2.75, 3.05) is 10.0 Å². The molecule has 0 heterocycles. The van der Waals surface area contributed by atoms with E-state index >= 15 is 0 Å². The molecule has 0 atom stereocenters. The standard InChI is InChI=1S/C22H19FN2O3S/c23-20-9-1-2-10-21(20)25-29(27,28)19-8-4-7-17(14-19)22(26)24-18-12-11-15-5-3-6-16(15)13-18/h1-2,4,7-14,25H,3,5-6H2,(H,24,26). The molecule has 0 bridgehead atoms. The Hall–Kier alpha value is -3.19. The zero-order chi connectivity index (χ0) is 20.4. The van der Waals surface area contributed by atoms with Crippen LogP contribution in [-0.2, 0) is 22.9 Å². The van der Waals surface area contributed by atoms with Crippen LogP contribution in [0.2, 0.25) is 0 Å². The molecular formula is C22H19FN2O3S. The number of anilines is 2. The van der Waals surface area contributed by atoms with Crippen LogP contribution in [0.3, 0.4) is 0 Å². The molecule has 29 heavy (non-hydrogen) atoms. The molecule has 1 aliphatic carbocycles. The lowest BCUT2D eigenvalue weighted by atomic mass is 10.1. The van der Waals surface area contributed by atoms with Crippen molar-refractivity contribution in [3.63, 3.8) is 0 Å². The molecule has 1 amide bonds. The van der Waals surface area contributed by atoms with E-state index in [9.17, 15) is 17.6 Å². The minimum absolute atomic E-state index is 0.123. The van der Waals surface area contributed by atoms with Gasteiger partial charge in [0.15, 0.2) is 0 Å². The van der Waals surface area contributed by atoms with Gasteiger partial charge in [-0.3, -0.25) is 9.52 Å². The summed E-state index contributed by atoms with van der Waals surface area (Å²) in [4.78, 5) is 12.5. The average Bonchev–Trinajstić information content (AvgIpc) is 3.17. The second-order valence-corrected chi connectivity index (χ2v) is 8.59. The summed E-state index contributed by atoms with van der Waals surface area (Å²) < 4.78 is 41.2. The Morgan fingerprint density at radius 1 is 0.897 bits per heavy atom. The van der Waals surface area contributed by atoms with Crippen molar-refractivity contribution < 1.29 is 17.6 Å². The number of halogens is 1. The minimum Gasteiger partial charge on any atom is -0.322 e. The summed E-state index contributed by atoms with van der Waals surface area (Å²) in [6, 6.07) is 17.0. The first-order chi connectivity index (χ1) is 13.9. The van der Waals surface area contributed by atoms with E-state index in [1.807, 2.05) is 18.2 Å². The number of fused-ring (bicyclic) bond motifs is 1. The highest BCUT2D eigenvalue weighted by Gasteiger charge is 2.18. The van der Waals surface area contributed by atoms with Gasteiger partial charge in [0.1, 0.15) is 5.82 Å². The maximum atomic E-state index is 13.8. The molecule has 0 saturated heterocycles. The normalized spacial score (nSPS) is 13.0. The van der Waals surface area contributed by atoms with E-state index in [4.69, 9.17) is 0 Å². The highest BCUT2D eigenvalue weighted by molar-refractivity contribution is 7.92. The minimum atomic E-state index is -4.04. The predicted octanol–water partition coefficient (Wildman–Crippen LogP) is 4.37. The van der Waals surface area contributed by atoms with Crippen LogP contribution in [-0.4, -0.2) is 14.3 Å². The average molecular weight is 410 g/mol. The fourth-order valence-corrected chi connectivity index (χ4v) is 4.52. The molecule has 148 valence electrons. The van der Waals surface area contributed by atoms with Gasteiger partial charge in [0.25, 0.3) is 15.9 Å². The number of carbonyl (C=O) groups is 1. The first kappa shape index (κ1) is 19.1. The smallest absolute Gasteiger partial charge is 0.262 e. The molecule has 0 fully saturated rings. The lowest BCUT2D eigenvalue weighted by molar-refractivity contribution is 0.102. The molecule has 5 nitrogen and oxygen atoms in total. The van der Waals surface area contributed by atoms with Crippen LogP contribution in [0.5, 0.6) is 0 Å². The van der Waals surface area contributed by atoms with Crippen molar-refractivity contribution in [1.82, 2.24) is 0 Å². The molecule has 4 rings (SSSR count). The molecule has 3 aromatic rings. The molecule has 0 aromatic heterocycles. The van der Waals surface area contributed by atoms with Crippen LogP contribution in [0.15, 0.2) is 71.6 Å². The summed E-state index contributed by atoms with van der Waals surface area (Å²) in [6.07, 6.45) is 3.16. The summed E-state index contributed by atoms with van der Waals surface area (Å²) in [6.45, 7) is 0. The molecule has 0 aliphatic heterocycles. The van der Waals surface area contributed by atoms with Gasteiger partial charge < -0.3 is 5.32 Å². The summed E-state index contributed by atoms with van der Waals surface area (Å²) in [5.74, 6) is -1.09. The molecule has 2 N–H and O–H groups in total. The number of carbonyl (C=O) groups excluding carboxylic acids is 1. The molecule has 0 unspecified atom stereocenters. The largest absolute Gasteiger partial charge is 0.322 e. The van der Waals surface area contributed by atoms with Crippen molar-refractivity contribution in [3.05, 3.63) is 89.2 Å². The highest BCUT2D eigenvalue weighted by Crippen LogP contribution is 2.25. The van der Waals surface area contributed by atoms with Crippen LogP contribution in [0.1, 0.15) is 27.9 Å². The Morgan fingerprint density at radius 3 is 2.52 bits per heavy atom. The first-order valence-corrected chi connectivity index (χ1v) is 10.7. The number of nitrogens with one attached hydrogen (secondary N) is 2. The molecule has 1 aliphatic rings. The Balaban J connectivity index is 1.55. The number of rotatable bonds is 5. The third-order valence-corrected chi connectivity index (χ3v) is 6.24. The van der Waals surface area contributed by atoms with Crippen molar-refractivity contribution in [2.45, 2.75) is 24.2 Å². The van der Waals surface area contributed by atoms with E-state index < -0.39 is 21.7 Å². The van der Waals surface area contributed by atoms with Crippen LogP contribution in [0.4, 0.5) is 15.8 Å². The lowest BCUT2D eigenvalue weighted by Gasteiger charge is -2.11. The van der Waals surface area contributed by atoms with Gasteiger partial charge in [0.2, 0.25) is 0 Å². The summed E-state index contributed by atoms with van der Waals surface area (Å²) in [7, 11) is -4.04. The number of sulfonamides is 1. The van der Waals surface area contributed by atoms with E-state index in [-0.39, 0.29) is 16.1 Å². The van der Waals surface area contributed by atoms with E-state index in [2.05, 4.69) is 10.0 Å². The fraction of sp³-hybridized carbons (Fsp3) is 0.136. The van der Waals surface area contributed by atoms with Gasteiger partial charge in [0, 0.05) is 11.3 Å². The van der Waals surface area contributed by atoms with Crippen LogP contribution >= 0.6 is 0 Å². The maximum Gasteiger partial charge on any atom is 0.262 e. The first-order valence-electron chi connectivity index (χ1n) is 9.23. The summed E-state index contributed by atoms with van der Waals surface area (Å²) in [5.41, 5.74) is 3.25. The third-order valence-electron chi connectivity index (χ3n) is 4.88. The summed E-state index contributed by atoms with van der Waals surface area (Å²) in [5, 5.41) is 2.81. The zero-order valence-corrected chi connectivity index (χ0v) is 16.3. The van der Waals surface area contributed by atoms with Crippen LogP contribution in [0.25, 0.3) is 0 Å². The second-order valence-electron chi connectivity index (χ2n) is 6.90. The van der Waals surface area contributed by atoms with Gasteiger partial charge in [-0.05, 0) is 72.9 Å². The second kappa shape index (κ2) is 7.67. The van der Waals surface area contributed by atoms with Gasteiger partial charge in [-0.25, -0.2) is 12.8 Å². The SMILES string of the molecule is O=C(Nc1ccc2c(c1)CCC2)c1cccc(S(=O)(=O)Nc2ccccc2F)c1. The zero-order valence-electron chi connectivity index (χ0n) is 15.5. The molecule has 0 saturated carbocycles. The number of para-hydroxylation sites is 1. The third kappa shape index (κ3) is 4.14. The number of aryl methyl sites for hydroxylation is 2. The quantitative estimate of drug-likeness (QED) is 0.656. The number of hydrogen-bond donors (Lipinski definition) is 2. The Kier molecular flexibility index (Phi) is 5.07. The van der Waals surface area contributed by atoms with Gasteiger partial charge in [-0.15, -0.1) is 0 Å². The molecule has 0 spiro atoms. The molecule has 0 radical (unpaired) electrons. The van der Waals surface area contributed by atoms with Gasteiger partial charge in [0.05, 0.1) is 10.6 Å². The van der Waals surface area contributed by atoms with Crippen molar-refractivity contribution >= 4 is 27.3 Å². The molecule has 7 heteroatoms. The number of hydrogen-bond acceptors (Lipinski definition) is 3. The number of amides is 1. The Labute approximate surface area is 168 Å². The Bertz CT molecular complexity index is 1190. The predicted molar refractivity (Wildman–Crippen MR) is 110 cm³/mol.